The van der Waals surface area contributed by atoms with E-state index in [-0.39, 0.29) is 23.7 Å². The van der Waals surface area contributed by atoms with E-state index >= 15 is 0 Å². The fraction of sp³-hybridized carbons (Fsp3) is 0.400. The number of rotatable bonds is 6. The molecule has 2 fully saturated rings. The van der Waals surface area contributed by atoms with Crippen LogP contribution in [-0.4, -0.2) is 17.5 Å². The lowest BCUT2D eigenvalue weighted by molar-refractivity contribution is -0.122. The SMILES string of the molecule is CC(=NNC(=O)C1CC1c1ccccc1)c1cccc(NC(=O)C2CCCCC2)c1. The van der Waals surface area contributed by atoms with Crippen LogP contribution in [0.15, 0.2) is 59.7 Å². The van der Waals surface area contributed by atoms with Gasteiger partial charge in [-0.1, -0.05) is 61.7 Å². The minimum atomic E-state index is -0.0371. The lowest BCUT2D eigenvalue weighted by atomic mass is 9.88. The molecule has 2 aliphatic carbocycles. The molecule has 0 aliphatic heterocycles. The van der Waals surface area contributed by atoms with Crippen molar-refractivity contribution in [3.8, 4) is 0 Å². The first kappa shape index (κ1) is 20.3. The van der Waals surface area contributed by atoms with Crippen LogP contribution in [0.3, 0.4) is 0 Å². The van der Waals surface area contributed by atoms with E-state index in [2.05, 4.69) is 28.0 Å². The molecular weight excluding hydrogens is 374 g/mol. The van der Waals surface area contributed by atoms with Gasteiger partial charge in [0.05, 0.1) is 5.71 Å². The molecule has 30 heavy (non-hydrogen) atoms. The third-order valence-electron chi connectivity index (χ3n) is 6.21. The smallest absolute Gasteiger partial charge is 0.243 e. The van der Waals surface area contributed by atoms with Gasteiger partial charge < -0.3 is 5.32 Å². The van der Waals surface area contributed by atoms with E-state index in [1.807, 2.05) is 49.4 Å². The lowest BCUT2D eigenvalue weighted by Crippen LogP contribution is -2.24. The Morgan fingerprint density at radius 3 is 2.47 bits per heavy atom. The van der Waals surface area contributed by atoms with Crippen molar-refractivity contribution in [1.29, 1.82) is 0 Å². The fourth-order valence-electron chi connectivity index (χ4n) is 4.27. The monoisotopic (exact) mass is 403 g/mol. The number of nitrogens with one attached hydrogen (secondary N) is 2. The summed E-state index contributed by atoms with van der Waals surface area (Å²) in [4.78, 5) is 24.9. The van der Waals surface area contributed by atoms with Gasteiger partial charge in [0.2, 0.25) is 11.8 Å². The number of anilines is 1. The van der Waals surface area contributed by atoms with Crippen molar-refractivity contribution >= 4 is 23.2 Å². The molecule has 2 N–H and O–H groups in total. The molecule has 0 saturated heterocycles. The molecule has 2 aromatic carbocycles. The Balaban J connectivity index is 1.33. The van der Waals surface area contributed by atoms with Crippen LogP contribution in [0.2, 0.25) is 0 Å². The Morgan fingerprint density at radius 1 is 0.933 bits per heavy atom. The molecule has 0 bridgehead atoms. The second kappa shape index (κ2) is 9.24. The highest BCUT2D eigenvalue weighted by Gasteiger charge is 2.43. The van der Waals surface area contributed by atoms with Crippen LogP contribution in [0, 0.1) is 11.8 Å². The topological polar surface area (TPSA) is 70.6 Å². The van der Waals surface area contributed by atoms with Gasteiger partial charge in [-0.05, 0) is 55.4 Å². The van der Waals surface area contributed by atoms with Crippen LogP contribution in [-0.2, 0) is 9.59 Å². The molecule has 2 saturated carbocycles. The van der Waals surface area contributed by atoms with Crippen molar-refractivity contribution in [2.45, 2.75) is 51.4 Å². The summed E-state index contributed by atoms with van der Waals surface area (Å²) in [5.74, 6) is 0.470. The Hall–Kier alpha value is -2.95. The quantitative estimate of drug-likeness (QED) is 0.535. The maximum absolute atomic E-state index is 12.5. The average molecular weight is 404 g/mol. The van der Waals surface area contributed by atoms with Gasteiger partial charge in [0.25, 0.3) is 0 Å². The minimum absolute atomic E-state index is 0.00920. The van der Waals surface area contributed by atoms with Gasteiger partial charge in [0, 0.05) is 17.5 Å². The maximum atomic E-state index is 12.5. The van der Waals surface area contributed by atoms with Crippen LogP contribution in [0.5, 0.6) is 0 Å². The van der Waals surface area contributed by atoms with Gasteiger partial charge in [0.15, 0.2) is 0 Å². The molecule has 2 aromatic rings. The number of carbonyl (C=O) groups excluding carboxylic acids is 2. The molecule has 0 aromatic heterocycles. The Morgan fingerprint density at radius 2 is 1.70 bits per heavy atom. The number of nitrogens with zero attached hydrogens (tertiary/aromatic N) is 1. The van der Waals surface area contributed by atoms with Gasteiger partial charge in [-0.15, -0.1) is 0 Å². The first-order valence-corrected chi connectivity index (χ1v) is 10.9. The summed E-state index contributed by atoms with van der Waals surface area (Å²) in [6.45, 7) is 1.87. The second-order valence-corrected chi connectivity index (χ2v) is 8.44. The Kier molecular flexibility index (Phi) is 6.26. The molecule has 2 amide bonds. The van der Waals surface area contributed by atoms with Gasteiger partial charge in [0.1, 0.15) is 0 Å². The predicted octanol–water partition coefficient (Wildman–Crippen LogP) is 4.85. The zero-order valence-corrected chi connectivity index (χ0v) is 17.4. The Labute approximate surface area is 178 Å². The summed E-state index contributed by atoms with van der Waals surface area (Å²) < 4.78 is 0. The van der Waals surface area contributed by atoms with E-state index < -0.39 is 0 Å². The molecule has 4 rings (SSSR count). The predicted molar refractivity (Wildman–Crippen MR) is 119 cm³/mol. The molecule has 2 aliphatic rings. The second-order valence-electron chi connectivity index (χ2n) is 8.44. The molecule has 156 valence electrons. The number of hydrogen-bond acceptors (Lipinski definition) is 3. The first-order chi connectivity index (χ1) is 14.6. The van der Waals surface area contributed by atoms with E-state index in [1.165, 1.54) is 12.0 Å². The van der Waals surface area contributed by atoms with Crippen molar-refractivity contribution in [1.82, 2.24) is 5.43 Å². The van der Waals surface area contributed by atoms with Crippen molar-refractivity contribution in [3.05, 3.63) is 65.7 Å². The van der Waals surface area contributed by atoms with Crippen molar-refractivity contribution in [3.63, 3.8) is 0 Å². The lowest BCUT2D eigenvalue weighted by Gasteiger charge is -2.20. The fourth-order valence-corrected chi connectivity index (χ4v) is 4.27. The molecule has 5 nitrogen and oxygen atoms in total. The first-order valence-electron chi connectivity index (χ1n) is 10.9. The highest BCUT2D eigenvalue weighted by Crippen LogP contribution is 2.47. The van der Waals surface area contributed by atoms with E-state index in [9.17, 15) is 9.59 Å². The largest absolute Gasteiger partial charge is 0.326 e. The molecule has 0 heterocycles. The van der Waals surface area contributed by atoms with E-state index in [4.69, 9.17) is 0 Å². The molecule has 2 atom stereocenters. The van der Waals surface area contributed by atoms with Crippen LogP contribution in [0.1, 0.15) is 62.5 Å². The molecule has 0 radical (unpaired) electrons. The molecular formula is C25H29N3O2. The van der Waals surface area contributed by atoms with E-state index in [1.54, 1.807) is 0 Å². The standard InChI is InChI=1S/C25H29N3O2/c1-17(27-28-25(30)23-16-22(23)18-9-4-2-5-10-18)20-13-8-14-21(15-20)26-24(29)19-11-6-3-7-12-19/h2,4-5,8-10,13-15,19,22-23H,3,6-7,11-12,16H2,1H3,(H,26,29)(H,28,30). The summed E-state index contributed by atoms with van der Waals surface area (Å²) in [6.07, 6.45) is 6.32. The van der Waals surface area contributed by atoms with Gasteiger partial charge in [-0.25, -0.2) is 5.43 Å². The number of hydrogen-bond donors (Lipinski definition) is 2. The summed E-state index contributed by atoms with van der Waals surface area (Å²) >= 11 is 0. The van der Waals surface area contributed by atoms with Gasteiger partial charge >= 0.3 is 0 Å². The average Bonchev–Trinajstić information content (AvgIpc) is 3.60. The van der Waals surface area contributed by atoms with E-state index in [0.29, 0.717) is 11.6 Å². The van der Waals surface area contributed by atoms with E-state index in [0.717, 1.165) is 43.4 Å². The van der Waals surface area contributed by atoms with Crippen LogP contribution >= 0.6 is 0 Å². The number of carbonyl (C=O) groups is 2. The third-order valence-corrected chi connectivity index (χ3v) is 6.21. The minimum Gasteiger partial charge on any atom is -0.326 e. The third kappa shape index (κ3) is 4.96. The van der Waals surface area contributed by atoms with Crippen LogP contribution in [0.4, 0.5) is 5.69 Å². The van der Waals surface area contributed by atoms with Crippen LogP contribution < -0.4 is 10.7 Å². The number of hydrazone groups is 1. The Bertz CT molecular complexity index is 932. The van der Waals surface area contributed by atoms with Crippen LogP contribution in [0.25, 0.3) is 0 Å². The van der Waals surface area contributed by atoms with Gasteiger partial charge in [-0.3, -0.25) is 9.59 Å². The maximum Gasteiger partial charge on any atom is 0.243 e. The van der Waals surface area contributed by atoms with Crippen molar-refractivity contribution < 1.29 is 9.59 Å². The molecule has 2 unspecified atom stereocenters. The number of amides is 2. The molecule has 0 spiro atoms. The van der Waals surface area contributed by atoms with Crippen molar-refractivity contribution in [2.24, 2.45) is 16.9 Å². The molecule has 5 heteroatoms. The summed E-state index contributed by atoms with van der Waals surface area (Å²) in [7, 11) is 0. The summed E-state index contributed by atoms with van der Waals surface area (Å²) in [6, 6.07) is 17.8. The van der Waals surface area contributed by atoms with Crippen molar-refractivity contribution in [2.75, 3.05) is 5.32 Å². The summed E-state index contributed by atoms with van der Waals surface area (Å²) in [5, 5.41) is 7.34. The highest BCUT2D eigenvalue weighted by molar-refractivity contribution is 6.01. The zero-order valence-electron chi connectivity index (χ0n) is 17.4. The highest BCUT2D eigenvalue weighted by atomic mass is 16.2. The zero-order chi connectivity index (χ0) is 20.9. The normalized spacial score (nSPS) is 21.7. The number of benzene rings is 2. The summed E-state index contributed by atoms with van der Waals surface area (Å²) in [5.41, 5.74) is 6.30. The van der Waals surface area contributed by atoms with Gasteiger partial charge in [-0.2, -0.15) is 5.10 Å².